The van der Waals surface area contributed by atoms with E-state index in [-0.39, 0.29) is 25.4 Å². The summed E-state index contributed by atoms with van der Waals surface area (Å²) >= 11 is 0. The van der Waals surface area contributed by atoms with Crippen molar-refractivity contribution in [2.24, 2.45) is 5.73 Å². The minimum Gasteiger partial charge on any atom is -0.480 e. The molecule has 0 heterocycles. The summed E-state index contributed by atoms with van der Waals surface area (Å²) in [7, 11) is 0. The molecule has 0 aromatic carbocycles. The van der Waals surface area contributed by atoms with Crippen LogP contribution in [0.5, 0.6) is 0 Å². The van der Waals surface area contributed by atoms with Crippen LogP contribution in [-0.2, 0) is 9.59 Å². The summed E-state index contributed by atoms with van der Waals surface area (Å²) in [5.74, 6) is -1.50. The highest BCUT2D eigenvalue weighted by atomic mass is 16.4. The fraction of sp³-hybridized carbons (Fsp3) is 0.800. The summed E-state index contributed by atoms with van der Waals surface area (Å²) in [5.41, 5.74) is 5.42. The van der Waals surface area contributed by atoms with Crippen molar-refractivity contribution in [3.63, 3.8) is 0 Å². The molecule has 1 saturated carbocycles. The Kier molecular flexibility index (Phi) is 4.26. The Labute approximate surface area is 93.8 Å². The lowest BCUT2D eigenvalue weighted by atomic mass is 9.75. The molecule has 92 valence electrons. The largest absolute Gasteiger partial charge is 0.480 e. The van der Waals surface area contributed by atoms with E-state index >= 15 is 0 Å². The van der Waals surface area contributed by atoms with E-state index in [4.69, 9.17) is 15.9 Å². The van der Waals surface area contributed by atoms with Gasteiger partial charge in [-0.3, -0.25) is 4.79 Å². The number of nitrogens with one attached hydrogen (secondary N) is 1. The third-order valence-electron chi connectivity index (χ3n) is 2.91. The number of amides is 1. The maximum absolute atomic E-state index is 11.5. The van der Waals surface area contributed by atoms with Crippen LogP contribution >= 0.6 is 0 Å². The van der Waals surface area contributed by atoms with Gasteiger partial charge in [0.1, 0.15) is 6.04 Å². The van der Waals surface area contributed by atoms with E-state index in [2.05, 4.69) is 5.32 Å². The van der Waals surface area contributed by atoms with Crippen molar-refractivity contribution in [3.8, 4) is 0 Å². The first-order valence-corrected chi connectivity index (χ1v) is 5.39. The van der Waals surface area contributed by atoms with Crippen molar-refractivity contribution < 1.29 is 19.8 Å². The maximum atomic E-state index is 11.5. The number of aliphatic hydroxyl groups excluding tert-OH is 1. The van der Waals surface area contributed by atoms with Gasteiger partial charge in [0.05, 0.1) is 0 Å². The van der Waals surface area contributed by atoms with Crippen molar-refractivity contribution in [1.82, 2.24) is 5.32 Å². The molecular weight excluding hydrogens is 212 g/mol. The van der Waals surface area contributed by atoms with Gasteiger partial charge in [0.25, 0.3) is 0 Å². The lowest BCUT2D eigenvalue weighted by molar-refractivity contribution is -0.142. The van der Waals surface area contributed by atoms with Crippen molar-refractivity contribution in [3.05, 3.63) is 0 Å². The van der Waals surface area contributed by atoms with Gasteiger partial charge in [-0.2, -0.15) is 0 Å². The quantitative estimate of drug-likeness (QED) is 0.477. The van der Waals surface area contributed by atoms with E-state index in [1.54, 1.807) is 0 Å². The fourth-order valence-electron chi connectivity index (χ4n) is 1.76. The van der Waals surface area contributed by atoms with Crippen LogP contribution in [0.1, 0.15) is 32.1 Å². The average Bonchev–Trinajstić information content (AvgIpc) is 2.14. The van der Waals surface area contributed by atoms with E-state index in [0.717, 1.165) is 19.3 Å². The van der Waals surface area contributed by atoms with Crippen molar-refractivity contribution in [2.75, 3.05) is 6.61 Å². The Morgan fingerprint density at radius 1 is 1.44 bits per heavy atom. The van der Waals surface area contributed by atoms with Gasteiger partial charge in [0, 0.05) is 25.0 Å². The monoisotopic (exact) mass is 230 g/mol. The maximum Gasteiger partial charge on any atom is 0.326 e. The van der Waals surface area contributed by atoms with Crippen LogP contribution in [0, 0.1) is 0 Å². The summed E-state index contributed by atoms with van der Waals surface area (Å²) in [5, 5.41) is 19.8. The molecule has 5 N–H and O–H groups in total. The molecule has 1 amide bonds. The summed E-state index contributed by atoms with van der Waals surface area (Å²) in [6.45, 7) is -0.273. The molecule has 6 heteroatoms. The second-order valence-corrected chi connectivity index (χ2v) is 4.36. The zero-order chi connectivity index (χ0) is 12.2. The van der Waals surface area contributed by atoms with Gasteiger partial charge in [-0.05, 0) is 19.3 Å². The number of carbonyl (C=O) groups is 2. The molecule has 1 fully saturated rings. The Bertz CT molecular complexity index is 276. The number of hydrogen-bond acceptors (Lipinski definition) is 4. The highest BCUT2D eigenvalue weighted by molar-refractivity contribution is 5.84. The van der Waals surface area contributed by atoms with Crippen LogP contribution < -0.4 is 11.1 Å². The van der Waals surface area contributed by atoms with E-state index in [0.29, 0.717) is 0 Å². The summed E-state index contributed by atoms with van der Waals surface area (Å²) < 4.78 is 0. The first kappa shape index (κ1) is 12.9. The SMILES string of the molecule is NC1(CC(=O)NC(CCO)C(=O)O)CCC1. The lowest BCUT2D eigenvalue weighted by Gasteiger charge is -2.37. The molecule has 0 radical (unpaired) electrons. The van der Waals surface area contributed by atoms with Crippen LogP contribution in [0.4, 0.5) is 0 Å². The fourth-order valence-corrected chi connectivity index (χ4v) is 1.76. The molecule has 1 aliphatic rings. The molecule has 0 spiro atoms. The molecule has 1 atom stereocenters. The van der Waals surface area contributed by atoms with Gasteiger partial charge in [0.15, 0.2) is 0 Å². The zero-order valence-electron chi connectivity index (χ0n) is 9.11. The Morgan fingerprint density at radius 3 is 2.44 bits per heavy atom. The van der Waals surface area contributed by atoms with Crippen LogP contribution in [0.15, 0.2) is 0 Å². The first-order chi connectivity index (χ1) is 7.47. The molecule has 6 nitrogen and oxygen atoms in total. The number of aliphatic hydroxyl groups is 1. The smallest absolute Gasteiger partial charge is 0.326 e. The standard InChI is InChI=1S/C10H18N2O4/c11-10(3-1-4-10)6-8(14)12-7(2-5-13)9(15)16/h7,13H,1-6,11H2,(H,12,14)(H,15,16). The third-order valence-corrected chi connectivity index (χ3v) is 2.91. The summed E-state index contributed by atoms with van der Waals surface area (Å²) in [6, 6.07) is -1.03. The van der Waals surface area contributed by atoms with Crippen molar-refractivity contribution in [1.29, 1.82) is 0 Å². The molecule has 0 bridgehead atoms. The molecule has 1 rings (SSSR count). The predicted octanol–water partition coefficient (Wildman–Crippen LogP) is -0.790. The predicted molar refractivity (Wildman–Crippen MR) is 56.7 cm³/mol. The van der Waals surface area contributed by atoms with E-state index in [9.17, 15) is 9.59 Å². The van der Waals surface area contributed by atoms with Gasteiger partial charge in [-0.25, -0.2) is 4.79 Å². The van der Waals surface area contributed by atoms with Crippen LogP contribution in [0.25, 0.3) is 0 Å². The molecule has 0 saturated heterocycles. The van der Waals surface area contributed by atoms with Gasteiger partial charge < -0.3 is 21.3 Å². The molecular formula is C10H18N2O4. The number of carboxylic acids is 1. The number of rotatable bonds is 6. The van der Waals surface area contributed by atoms with E-state index in [1.165, 1.54) is 0 Å². The summed E-state index contributed by atoms with van der Waals surface area (Å²) in [4.78, 5) is 22.2. The minimum atomic E-state index is -1.14. The Morgan fingerprint density at radius 2 is 2.06 bits per heavy atom. The molecule has 0 aromatic heterocycles. The lowest BCUT2D eigenvalue weighted by Crippen LogP contribution is -2.52. The molecule has 1 unspecified atom stereocenters. The number of carbonyl (C=O) groups excluding carboxylic acids is 1. The topological polar surface area (TPSA) is 113 Å². The number of hydrogen-bond donors (Lipinski definition) is 4. The molecule has 0 aliphatic heterocycles. The second-order valence-electron chi connectivity index (χ2n) is 4.36. The van der Waals surface area contributed by atoms with Crippen molar-refractivity contribution >= 4 is 11.9 Å². The average molecular weight is 230 g/mol. The zero-order valence-corrected chi connectivity index (χ0v) is 9.11. The van der Waals surface area contributed by atoms with Gasteiger partial charge in [-0.1, -0.05) is 0 Å². The molecule has 16 heavy (non-hydrogen) atoms. The van der Waals surface area contributed by atoms with Crippen LogP contribution in [0.3, 0.4) is 0 Å². The van der Waals surface area contributed by atoms with Gasteiger partial charge in [-0.15, -0.1) is 0 Å². The van der Waals surface area contributed by atoms with Crippen LogP contribution in [-0.4, -0.2) is 40.3 Å². The number of aliphatic carboxylic acids is 1. The second kappa shape index (κ2) is 5.27. The van der Waals surface area contributed by atoms with Crippen molar-refractivity contribution in [2.45, 2.75) is 43.7 Å². The number of nitrogens with two attached hydrogens (primary N) is 1. The molecule has 0 aromatic rings. The van der Waals surface area contributed by atoms with E-state index < -0.39 is 17.6 Å². The Hall–Kier alpha value is -1.14. The number of carboxylic acid groups (broad SMARTS) is 1. The Balaban J connectivity index is 2.39. The van der Waals surface area contributed by atoms with Gasteiger partial charge in [0.2, 0.25) is 5.91 Å². The van der Waals surface area contributed by atoms with Crippen LogP contribution in [0.2, 0.25) is 0 Å². The summed E-state index contributed by atoms with van der Waals surface area (Å²) in [6.07, 6.45) is 2.79. The van der Waals surface area contributed by atoms with E-state index in [1.807, 2.05) is 0 Å². The normalized spacial score (nSPS) is 19.6. The first-order valence-electron chi connectivity index (χ1n) is 5.39. The van der Waals surface area contributed by atoms with Gasteiger partial charge >= 0.3 is 5.97 Å². The minimum absolute atomic E-state index is 0.0125. The third kappa shape index (κ3) is 3.46. The highest BCUT2D eigenvalue weighted by Gasteiger charge is 2.35. The molecule has 1 aliphatic carbocycles. The highest BCUT2D eigenvalue weighted by Crippen LogP contribution is 2.31.